The minimum absolute atomic E-state index is 0.0154. The average Bonchev–Trinajstić information content (AvgIpc) is 2.48. The van der Waals surface area contributed by atoms with Crippen molar-refractivity contribution in [2.45, 2.75) is 52.7 Å². The molecule has 0 aliphatic heterocycles. The van der Waals surface area contributed by atoms with Gasteiger partial charge in [0.15, 0.2) is 6.29 Å². The fourth-order valence-corrected chi connectivity index (χ4v) is 1.73. The molecule has 0 spiro atoms. The molecule has 1 aromatic rings. The summed E-state index contributed by atoms with van der Waals surface area (Å²) in [5, 5.41) is 0.846. The first kappa shape index (κ1) is 20.6. The van der Waals surface area contributed by atoms with E-state index in [4.69, 9.17) is 14.3 Å². The molecule has 1 amide bonds. The molecule has 0 aliphatic carbocycles. The van der Waals surface area contributed by atoms with Crippen LogP contribution in [0.3, 0.4) is 0 Å². The van der Waals surface area contributed by atoms with Crippen molar-refractivity contribution in [3.63, 3.8) is 0 Å². The highest BCUT2D eigenvalue weighted by Crippen LogP contribution is 2.27. The van der Waals surface area contributed by atoms with Crippen LogP contribution in [0.15, 0.2) is 12.3 Å². The van der Waals surface area contributed by atoms with Gasteiger partial charge in [-0.15, -0.1) is 0 Å². The number of hydroxylamine groups is 1. The second-order valence-corrected chi connectivity index (χ2v) is 7.21. The Morgan fingerprint density at radius 1 is 1.12 bits per heavy atom. The maximum absolute atomic E-state index is 12.6. The van der Waals surface area contributed by atoms with E-state index in [1.807, 2.05) is 0 Å². The Bertz CT molecular complexity index is 658. The molecule has 0 aliphatic rings. The monoisotopic (exact) mass is 352 g/mol. The van der Waals surface area contributed by atoms with Gasteiger partial charge in [-0.2, -0.15) is 5.06 Å². The van der Waals surface area contributed by atoms with Crippen molar-refractivity contribution in [3.8, 4) is 0 Å². The Balaban J connectivity index is 3.45. The lowest BCUT2D eigenvalue weighted by Crippen LogP contribution is -2.42. The van der Waals surface area contributed by atoms with E-state index in [1.54, 1.807) is 41.5 Å². The van der Waals surface area contributed by atoms with Gasteiger partial charge in [-0.1, -0.05) is 0 Å². The van der Waals surface area contributed by atoms with Crippen LogP contribution < -0.4 is 5.06 Å². The number of amides is 1. The Kier molecular flexibility index (Phi) is 6.26. The van der Waals surface area contributed by atoms with Crippen LogP contribution >= 0.6 is 0 Å². The van der Waals surface area contributed by atoms with Gasteiger partial charge in [0.2, 0.25) is 0 Å². The van der Waals surface area contributed by atoms with Gasteiger partial charge in [0, 0.05) is 0 Å². The van der Waals surface area contributed by atoms with Crippen molar-refractivity contribution < 1.29 is 28.7 Å². The molecule has 8 nitrogen and oxygen atoms in total. The number of hydrogen-bond acceptors (Lipinski definition) is 7. The lowest BCUT2D eigenvalue weighted by Gasteiger charge is -2.32. The molecule has 0 saturated heterocycles. The van der Waals surface area contributed by atoms with Crippen LogP contribution in [0.2, 0.25) is 0 Å². The van der Waals surface area contributed by atoms with Crippen molar-refractivity contribution in [1.29, 1.82) is 0 Å². The highest BCUT2D eigenvalue weighted by molar-refractivity contribution is 6.00. The standard InChI is InChI=1S/C17H24N2O6/c1-16(2,3)24-15(22)19(25-17(4,5)6)13-9-18-11(10-20)8-12(13)14(21)23-7/h8-10H,1-7H3. The molecular formula is C17H24N2O6. The zero-order valence-corrected chi connectivity index (χ0v) is 15.6. The Morgan fingerprint density at radius 2 is 1.72 bits per heavy atom. The van der Waals surface area contributed by atoms with Crippen LogP contribution in [-0.4, -0.2) is 41.6 Å². The predicted molar refractivity (Wildman–Crippen MR) is 90.5 cm³/mol. The summed E-state index contributed by atoms with van der Waals surface area (Å²) in [5.74, 6) is -0.744. The summed E-state index contributed by atoms with van der Waals surface area (Å²) < 4.78 is 10.1. The summed E-state index contributed by atoms with van der Waals surface area (Å²) in [6.07, 6.45) is 0.845. The van der Waals surface area contributed by atoms with E-state index in [2.05, 4.69) is 4.98 Å². The number of rotatable bonds is 4. The molecule has 0 fully saturated rings. The summed E-state index contributed by atoms with van der Waals surface area (Å²) >= 11 is 0. The van der Waals surface area contributed by atoms with Crippen LogP contribution in [-0.2, 0) is 14.3 Å². The molecule has 0 radical (unpaired) electrons. The van der Waals surface area contributed by atoms with Crippen LogP contribution in [0.4, 0.5) is 10.5 Å². The van der Waals surface area contributed by atoms with Gasteiger partial charge in [0.05, 0.1) is 24.5 Å². The van der Waals surface area contributed by atoms with Crippen LogP contribution in [0.1, 0.15) is 62.4 Å². The molecule has 25 heavy (non-hydrogen) atoms. The topological polar surface area (TPSA) is 95.0 Å². The minimum atomic E-state index is -0.826. The van der Waals surface area contributed by atoms with Crippen molar-refractivity contribution in [3.05, 3.63) is 23.5 Å². The van der Waals surface area contributed by atoms with Gasteiger partial charge in [0.25, 0.3) is 0 Å². The molecule has 138 valence electrons. The largest absolute Gasteiger partial charge is 0.465 e. The second kappa shape index (κ2) is 7.60. The summed E-state index contributed by atoms with van der Waals surface area (Å²) in [6, 6.07) is 1.22. The van der Waals surface area contributed by atoms with Crippen LogP contribution in [0, 0.1) is 0 Å². The third-order valence-electron chi connectivity index (χ3n) is 2.57. The van der Waals surface area contributed by atoms with Crippen LogP contribution in [0.25, 0.3) is 0 Å². The fraction of sp³-hybridized carbons (Fsp3) is 0.529. The first-order valence-electron chi connectivity index (χ1n) is 7.63. The van der Waals surface area contributed by atoms with E-state index in [0.29, 0.717) is 6.29 Å². The number of anilines is 1. The zero-order valence-electron chi connectivity index (χ0n) is 15.6. The quantitative estimate of drug-likeness (QED) is 0.466. The minimum Gasteiger partial charge on any atom is -0.465 e. The lowest BCUT2D eigenvalue weighted by molar-refractivity contribution is -0.0358. The van der Waals surface area contributed by atoms with E-state index < -0.39 is 23.3 Å². The van der Waals surface area contributed by atoms with Gasteiger partial charge >= 0.3 is 12.1 Å². The number of ether oxygens (including phenoxy) is 2. The van der Waals surface area contributed by atoms with Crippen molar-refractivity contribution in [2.24, 2.45) is 0 Å². The number of nitrogens with zero attached hydrogens (tertiary/aromatic N) is 2. The van der Waals surface area contributed by atoms with E-state index in [-0.39, 0.29) is 16.9 Å². The van der Waals surface area contributed by atoms with Gasteiger partial charge < -0.3 is 9.47 Å². The van der Waals surface area contributed by atoms with Gasteiger partial charge in [-0.3, -0.25) is 14.6 Å². The summed E-state index contributed by atoms with van der Waals surface area (Å²) in [6.45, 7) is 10.3. The first-order chi connectivity index (χ1) is 11.4. The third-order valence-corrected chi connectivity index (χ3v) is 2.57. The van der Waals surface area contributed by atoms with Gasteiger partial charge in [-0.25, -0.2) is 9.59 Å². The van der Waals surface area contributed by atoms with Gasteiger partial charge in [0.1, 0.15) is 17.0 Å². The lowest BCUT2D eigenvalue weighted by atomic mass is 10.2. The number of carbonyl (C=O) groups excluding carboxylic acids is 3. The highest BCUT2D eigenvalue weighted by atomic mass is 16.7. The number of esters is 1. The van der Waals surface area contributed by atoms with Crippen molar-refractivity contribution in [2.75, 3.05) is 12.2 Å². The maximum Gasteiger partial charge on any atom is 0.439 e. The average molecular weight is 352 g/mol. The molecule has 0 aromatic carbocycles. The Hall–Kier alpha value is -2.48. The highest BCUT2D eigenvalue weighted by Gasteiger charge is 2.32. The summed E-state index contributed by atoms with van der Waals surface area (Å²) in [7, 11) is 1.19. The SMILES string of the molecule is COC(=O)c1cc(C=O)ncc1N(OC(C)(C)C)C(=O)OC(C)(C)C. The maximum atomic E-state index is 12.6. The molecule has 0 unspecified atom stereocenters. The van der Waals surface area contributed by atoms with E-state index in [0.717, 1.165) is 5.06 Å². The summed E-state index contributed by atoms with van der Waals surface area (Å²) in [5.41, 5.74) is -1.56. The molecule has 0 bridgehead atoms. The molecule has 0 saturated carbocycles. The Morgan fingerprint density at radius 3 is 2.16 bits per heavy atom. The molecule has 0 atom stereocenters. The van der Waals surface area contributed by atoms with E-state index >= 15 is 0 Å². The summed E-state index contributed by atoms with van der Waals surface area (Å²) in [4.78, 5) is 45.2. The number of methoxy groups -OCH3 is 1. The van der Waals surface area contributed by atoms with Crippen LogP contribution in [0.5, 0.6) is 0 Å². The molecule has 1 aromatic heterocycles. The molecule has 0 N–H and O–H groups in total. The number of aromatic nitrogens is 1. The normalized spacial score (nSPS) is 11.6. The molecular weight excluding hydrogens is 328 g/mol. The van der Waals surface area contributed by atoms with Crippen molar-refractivity contribution >= 4 is 24.0 Å². The van der Waals surface area contributed by atoms with E-state index in [9.17, 15) is 14.4 Å². The second-order valence-electron chi connectivity index (χ2n) is 7.21. The first-order valence-corrected chi connectivity index (χ1v) is 7.63. The molecule has 1 heterocycles. The zero-order chi connectivity index (χ0) is 19.4. The predicted octanol–water partition coefficient (Wildman–Crippen LogP) is 3.15. The van der Waals surface area contributed by atoms with Gasteiger partial charge in [-0.05, 0) is 47.6 Å². The third kappa shape index (κ3) is 6.15. The smallest absolute Gasteiger partial charge is 0.439 e. The number of aldehydes is 1. The number of carbonyl (C=O) groups is 3. The fourth-order valence-electron chi connectivity index (χ4n) is 1.73. The molecule has 8 heteroatoms. The number of pyridine rings is 1. The molecule has 1 rings (SSSR count). The van der Waals surface area contributed by atoms with E-state index in [1.165, 1.54) is 19.4 Å². The number of hydrogen-bond donors (Lipinski definition) is 0. The van der Waals surface area contributed by atoms with Crippen molar-refractivity contribution in [1.82, 2.24) is 4.98 Å². The Labute approximate surface area is 147 Å².